The molecule has 2 rings (SSSR count). The van der Waals surface area contributed by atoms with E-state index in [1.165, 1.54) is 12.1 Å². The van der Waals surface area contributed by atoms with E-state index in [1.54, 1.807) is 4.90 Å². The Hall–Kier alpha value is -1.21. The second-order valence-electron chi connectivity index (χ2n) is 4.36. The summed E-state index contributed by atoms with van der Waals surface area (Å²) in [5.41, 5.74) is 6.04. The number of piperidine rings is 1. The number of nitrogens with zero attached hydrogens (tertiary/aromatic N) is 2. The quantitative estimate of drug-likeness (QED) is 0.671. The Morgan fingerprint density at radius 3 is 2.89 bits per heavy atom. The standard InChI is InChI=1S/C11H13BrFN3O2/c12-8-4-11(16(17)18)10(5-9(8)13)15-3-1-2-7(14)6-15/h4-5,7H,1-3,6,14H2. The van der Waals surface area contributed by atoms with Crippen LogP contribution in [0.3, 0.4) is 0 Å². The minimum Gasteiger partial charge on any atom is -0.364 e. The van der Waals surface area contributed by atoms with Crippen LogP contribution in [0.5, 0.6) is 0 Å². The van der Waals surface area contributed by atoms with E-state index < -0.39 is 10.7 Å². The molecule has 0 aromatic heterocycles. The van der Waals surface area contributed by atoms with Crippen molar-refractivity contribution < 1.29 is 9.31 Å². The van der Waals surface area contributed by atoms with Gasteiger partial charge < -0.3 is 10.6 Å². The normalized spacial score (nSPS) is 19.9. The fraction of sp³-hybridized carbons (Fsp3) is 0.455. The van der Waals surface area contributed by atoms with Gasteiger partial charge in [-0.2, -0.15) is 0 Å². The lowest BCUT2D eigenvalue weighted by Gasteiger charge is -2.32. The van der Waals surface area contributed by atoms with Gasteiger partial charge in [0.1, 0.15) is 11.5 Å². The van der Waals surface area contributed by atoms with Crippen molar-refractivity contribution in [3.63, 3.8) is 0 Å². The molecule has 1 aliphatic rings. The van der Waals surface area contributed by atoms with Gasteiger partial charge in [-0.3, -0.25) is 10.1 Å². The molecule has 1 unspecified atom stereocenters. The molecule has 2 N–H and O–H groups in total. The van der Waals surface area contributed by atoms with Crippen LogP contribution in [0.15, 0.2) is 16.6 Å². The number of hydrogen-bond donors (Lipinski definition) is 1. The van der Waals surface area contributed by atoms with Gasteiger partial charge in [0, 0.05) is 31.3 Å². The molecule has 5 nitrogen and oxygen atoms in total. The van der Waals surface area contributed by atoms with E-state index >= 15 is 0 Å². The number of halogens is 2. The van der Waals surface area contributed by atoms with E-state index in [2.05, 4.69) is 15.9 Å². The summed E-state index contributed by atoms with van der Waals surface area (Å²) in [5, 5.41) is 11.0. The van der Waals surface area contributed by atoms with E-state index in [1.807, 2.05) is 0 Å². The molecule has 1 aromatic rings. The summed E-state index contributed by atoms with van der Waals surface area (Å²) >= 11 is 2.96. The van der Waals surface area contributed by atoms with E-state index in [-0.39, 0.29) is 16.2 Å². The molecule has 1 fully saturated rings. The molecule has 7 heteroatoms. The van der Waals surface area contributed by atoms with Crippen LogP contribution in [0.4, 0.5) is 15.8 Å². The molecule has 1 atom stereocenters. The fourth-order valence-corrected chi connectivity index (χ4v) is 2.49. The van der Waals surface area contributed by atoms with Crippen LogP contribution in [0.1, 0.15) is 12.8 Å². The largest absolute Gasteiger partial charge is 0.364 e. The van der Waals surface area contributed by atoms with Crippen molar-refractivity contribution in [2.24, 2.45) is 5.73 Å². The lowest BCUT2D eigenvalue weighted by atomic mass is 10.1. The number of rotatable bonds is 2. The molecule has 1 aromatic carbocycles. The lowest BCUT2D eigenvalue weighted by Crippen LogP contribution is -2.43. The van der Waals surface area contributed by atoms with Crippen molar-refractivity contribution in [1.82, 2.24) is 0 Å². The van der Waals surface area contributed by atoms with Gasteiger partial charge in [-0.05, 0) is 28.8 Å². The van der Waals surface area contributed by atoms with Crippen molar-refractivity contribution in [3.8, 4) is 0 Å². The maximum absolute atomic E-state index is 13.5. The van der Waals surface area contributed by atoms with Gasteiger partial charge in [-0.25, -0.2) is 4.39 Å². The monoisotopic (exact) mass is 317 g/mol. The molecule has 18 heavy (non-hydrogen) atoms. The average molecular weight is 318 g/mol. The van der Waals surface area contributed by atoms with Crippen molar-refractivity contribution in [2.75, 3.05) is 18.0 Å². The minimum atomic E-state index is -0.505. The average Bonchev–Trinajstić information content (AvgIpc) is 2.31. The van der Waals surface area contributed by atoms with Crippen molar-refractivity contribution in [1.29, 1.82) is 0 Å². The number of nitro benzene ring substituents is 1. The summed E-state index contributed by atoms with van der Waals surface area (Å²) in [5.74, 6) is -0.505. The highest BCUT2D eigenvalue weighted by atomic mass is 79.9. The Morgan fingerprint density at radius 1 is 1.56 bits per heavy atom. The van der Waals surface area contributed by atoms with Crippen molar-refractivity contribution in [2.45, 2.75) is 18.9 Å². The Kier molecular flexibility index (Phi) is 3.82. The summed E-state index contributed by atoms with van der Waals surface area (Å²) in [6.07, 6.45) is 1.75. The first-order chi connectivity index (χ1) is 8.49. The predicted octanol–water partition coefficient (Wildman–Crippen LogP) is 2.42. The number of nitro groups is 1. The summed E-state index contributed by atoms with van der Waals surface area (Å²) in [4.78, 5) is 12.3. The molecular weight excluding hydrogens is 305 g/mol. The van der Waals surface area contributed by atoms with Gasteiger partial charge >= 0.3 is 0 Å². The fourth-order valence-electron chi connectivity index (χ4n) is 2.15. The first-order valence-electron chi connectivity index (χ1n) is 5.63. The molecular formula is C11H13BrFN3O2. The third kappa shape index (κ3) is 2.62. The number of benzene rings is 1. The van der Waals surface area contributed by atoms with Gasteiger partial charge in [0.2, 0.25) is 0 Å². The highest BCUT2D eigenvalue weighted by Crippen LogP contribution is 2.34. The van der Waals surface area contributed by atoms with Gasteiger partial charge in [0.05, 0.1) is 9.40 Å². The summed E-state index contributed by atoms with van der Waals surface area (Å²) in [6, 6.07) is 2.37. The summed E-state index contributed by atoms with van der Waals surface area (Å²) < 4.78 is 13.6. The first kappa shape index (κ1) is 13.2. The topological polar surface area (TPSA) is 72.4 Å². The SMILES string of the molecule is NC1CCCN(c2cc(F)c(Br)cc2[N+](=O)[O-])C1. The van der Waals surface area contributed by atoms with Gasteiger partial charge in [0.25, 0.3) is 5.69 Å². The van der Waals surface area contributed by atoms with Crippen LogP contribution in [0.25, 0.3) is 0 Å². The molecule has 1 aliphatic heterocycles. The smallest absolute Gasteiger partial charge is 0.293 e. The minimum absolute atomic E-state index is 0.0231. The molecule has 1 saturated heterocycles. The van der Waals surface area contributed by atoms with Gasteiger partial charge in [-0.1, -0.05) is 0 Å². The Bertz CT molecular complexity index is 484. The zero-order valence-electron chi connectivity index (χ0n) is 9.60. The zero-order valence-corrected chi connectivity index (χ0v) is 11.2. The Balaban J connectivity index is 2.41. The highest BCUT2D eigenvalue weighted by molar-refractivity contribution is 9.10. The molecule has 0 amide bonds. The Morgan fingerprint density at radius 2 is 2.28 bits per heavy atom. The van der Waals surface area contributed by atoms with Crippen molar-refractivity contribution in [3.05, 3.63) is 32.5 Å². The van der Waals surface area contributed by atoms with Crippen LogP contribution in [0, 0.1) is 15.9 Å². The predicted molar refractivity (Wildman–Crippen MR) is 70.2 cm³/mol. The molecule has 98 valence electrons. The number of hydrogen-bond acceptors (Lipinski definition) is 4. The molecule has 0 spiro atoms. The van der Waals surface area contributed by atoms with E-state index in [4.69, 9.17) is 5.73 Å². The molecule has 0 bridgehead atoms. The zero-order chi connectivity index (χ0) is 13.3. The third-order valence-electron chi connectivity index (χ3n) is 3.01. The molecule has 1 heterocycles. The van der Waals surface area contributed by atoms with Crippen LogP contribution in [-0.2, 0) is 0 Å². The van der Waals surface area contributed by atoms with Gasteiger partial charge in [0.15, 0.2) is 0 Å². The number of anilines is 1. The van der Waals surface area contributed by atoms with Gasteiger partial charge in [-0.15, -0.1) is 0 Å². The molecule has 0 saturated carbocycles. The van der Waals surface area contributed by atoms with Crippen LogP contribution in [0.2, 0.25) is 0 Å². The highest BCUT2D eigenvalue weighted by Gasteiger charge is 2.25. The molecule has 0 aliphatic carbocycles. The van der Waals surface area contributed by atoms with Crippen LogP contribution < -0.4 is 10.6 Å². The van der Waals surface area contributed by atoms with E-state index in [0.29, 0.717) is 18.8 Å². The van der Waals surface area contributed by atoms with E-state index in [0.717, 1.165) is 12.8 Å². The first-order valence-corrected chi connectivity index (χ1v) is 6.42. The van der Waals surface area contributed by atoms with Crippen LogP contribution >= 0.6 is 15.9 Å². The maximum Gasteiger partial charge on any atom is 0.293 e. The second-order valence-corrected chi connectivity index (χ2v) is 5.21. The maximum atomic E-state index is 13.5. The summed E-state index contributed by atoms with van der Waals surface area (Å²) in [6.45, 7) is 1.18. The Labute approximate surface area is 112 Å². The molecule has 0 radical (unpaired) electrons. The lowest BCUT2D eigenvalue weighted by molar-refractivity contribution is -0.384. The van der Waals surface area contributed by atoms with E-state index in [9.17, 15) is 14.5 Å². The van der Waals surface area contributed by atoms with Crippen LogP contribution in [-0.4, -0.2) is 24.1 Å². The summed E-state index contributed by atoms with van der Waals surface area (Å²) in [7, 11) is 0. The third-order valence-corrected chi connectivity index (χ3v) is 3.62. The number of nitrogens with two attached hydrogens (primary N) is 1. The van der Waals surface area contributed by atoms with Crippen molar-refractivity contribution >= 4 is 27.3 Å². The second kappa shape index (κ2) is 5.19.